The third-order valence-corrected chi connectivity index (χ3v) is 4.41. The van der Waals surface area contributed by atoms with Gasteiger partial charge in [0.15, 0.2) is 0 Å². The molecular weight excluding hydrogens is 240 g/mol. The number of likely N-dealkylation sites (tertiary alicyclic amines) is 1. The molecule has 0 amide bonds. The highest BCUT2D eigenvalue weighted by molar-refractivity contribution is 7.11. The fraction of sp³-hybridized carbons (Fsp3) is 0.733. The smallest absolute Gasteiger partial charge is 0.0328 e. The molecule has 0 radical (unpaired) electrons. The van der Waals surface area contributed by atoms with Crippen LogP contribution in [0.5, 0.6) is 0 Å². The molecule has 1 aliphatic rings. The number of rotatable bonds is 4. The summed E-state index contributed by atoms with van der Waals surface area (Å²) < 4.78 is 0. The molecule has 18 heavy (non-hydrogen) atoms. The summed E-state index contributed by atoms with van der Waals surface area (Å²) in [7, 11) is 0. The quantitative estimate of drug-likeness (QED) is 0.895. The van der Waals surface area contributed by atoms with Crippen molar-refractivity contribution in [1.29, 1.82) is 0 Å². The van der Waals surface area contributed by atoms with Crippen LogP contribution in [0.15, 0.2) is 12.1 Å². The summed E-state index contributed by atoms with van der Waals surface area (Å²) in [5.74, 6) is 0. The molecule has 1 saturated heterocycles. The first kappa shape index (κ1) is 14.0. The largest absolute Gasteiger partial charge is 0.307 e. The summed E-state index contributed by atoms with van der Waals surface area (Å²) in [5.41, 5.74) is 0.205. The fourth-order valence-electron chi connectivity index (χ4n) is 2.29. The van der Waals surface area contributed by atoms with Gasteiger partial charge in [-0.3, -0.25) is 4.90 Å². The molecule has 1 N–H and O–H groups in total. The Morgan fingerprint density at radius 1 is 1.11 bits per heavy atom. The van der Waals surface area contributed by atoms with Gasteiger partial charge in [0.1, 0.15) is 0 Å². The number of hydrogen-bond acceptors (Lipinski definition) is 3. The van der Waals surface area contributed by atoms with Crippen molar-refractivity contribution in [3.8, 4) is 0 Å². The second-order valence-electron chi connectivity index (χ2n) is 6.31. The van der Waals surface area contributed by atoms with Gasteiger partial charge in [-0.15, -0.1) is 11.3 Å². The van der Waals surface area contributed by atoms with Gasteiger partial charge < -0.3 is 5.32 Å². The number of piperidine rings is 1. The first-order valence-electron chi connectivity index (χ1n) is 7.08. The first-order chi connectivity index (χ1) is 8.53. The van der Waals surface area contributed by atoms with Crippen molar-refractivity contribution in [2.24, 2.45) is 0 Å². The maximum atomic E-state index is 3.55. The molecule has 0 saturated carbocycles. The van der Waals surface area contributed by atoms with E-state index in [0.29, 0.717) is 0 Å². The van der Waals surface area contributed by atoms with E-state index in [0.717, 1.165) is 13.1 Å². The van der Waals surface area contributed by atoms with Crippen LogP contribution in [0.2, 0.25) is 0 Å². The number of nitrogens with one attached hydrogen (secondary N) is 1. The van der Waals surface area contributed by atoms with Gasteiger partial charge in [-0.1, -0.05) is 6.42 Å². The molecule has 0 aliphatic carbocycles. The van der Waals surface area contributed by atoms with Crippen LogP contribution in [-0.2, 0) is 13.1 Å². The van der Waals surface area contributed by atoms with Gasteiger partial charge in [-0.25, -0.2) is 0 Å². The van der Waals surface area contributed by atoms with E-state index in [2.05, 4.69) is 43.1 Å². The molecular formula is C15H26N2S. The Morgan fingerprint density at radius 2 is 1.78 bits per heavy atom. The highest BCUT2D eigenvalue weighted by Gasteiger charge is 2.12. The standard InChI is InChI=1S/C15H26N2S/c1-15(2,3)16-11-13-7-8-14(18-13)12-17-9-5-4-6-10-17/h7-8,16H,4-6,9-12H2,1-3H3. The molecule has 2 rings (SSSR count). The van der Waals surface area contributed by atoms with Crippen LogP contribution >= 0.6 is 11.3 Å². The van der Waals surface area contributed by atoms with Crippen LogP contribution < -0.4 is 5.32 Å². The molecule has 1 aliphatic heterocycles. The van der Waals surface area contributed by atoms with Gasteiger partial charge in [0.2, 0.25) is 0 Å². The van der Waals surface area contributed by atoms with Gasteiger partial charge >= 0.3 is 0 Å². The molecule has 0 atom stereocenters. The molecule has 0 spiro atoms. The minimum Gasteiger partial charge on any atom is -0.307 e. The third kappa shape index (κ3) is 4.71. The second kappa shape index (κ2) is 6.18. The molecule has 0 unspecified atom stereocenters. The lowest BCUT2D eigenvalue weighted by Crippen LogP contribution is -2.34. The van der Waals surface area contributed by atoms with E-state index in [1.807, 2.05) is 11.3 Å². The summed E-state index contributed by atoms with van der Waals surface area (Å²) in [6.07, 6.45) is 4.18. The lowest BCUT2D eigenvalue weighted by molar-refractivity contribution is 0.222. The topological polar surface area (TPSA) is 15.3 Å². The van der Waals surface area contributed by atoms with Gasteiger partial charge in [-0.2, -0.15) is 0 Å². The highest BCUT2D eigenvalue weighted by atomic mass is 32.1. The molecule has 3 heteroatoms. The van der Waals surface area contributed by atoms with Crippen LogP contribution in [-0.4, -0.2) is 23.5 Å². The second-order valence-corrected chi connectivity index (χ2v) is 7.56. The van der Waals surface area contributed by atoms with Crippen LogP contribution in [0, 0.1) is 0 Å². The van der Waals surface area contributed by atoms with E-state index in [1.165, 1.54) is 42.1 Å². The Hall–Kier alpha value is -0.380. The van der Waals surface area contributed by atoms with Crippen molar-refractivity contribution in [3.63, 3.8) is 0 Å². The summed E-state index contributed by atoms with van der Waals surface area (Å²) in [6.45, 7) is 11.4. The Bertz CT molecular complexity index is 359. The van der Waals surface area contributed by atoms with E-state index in [9.17, 15) is 0 Å². The van der Waals surface area contributed by atoms with Gasteiger partial charge in [0, 0.05) is 28.4 Å². The van der Waals surface area contributed by atoms with Crippen molar-refractivity contribution in [3.05, 3.63) is 21.9 Å². The molecule has 1 aromatic heterocycles. The minimum absolute atomic E-state index is 0.205. The maximum absolute atomic E-state index is 3.55. The zero-order valence-electron chi connectivity index (χ0n) is 12.0. The summed E-state index contributed by atoms with van der Waals surface area (Å²) in [5, 5.41) is 3.55. The Labute approximate surface area is 115 Å². The monoisotopic (exact) mass is 266 g/mol. The van der Waals surface area contributed by atoms with E-state index in [-0.39, 0.29) is 5.54 Å². The zero-order valence-corrected chi connectivity index (χ0v) is 12.8. The molecule has 0 bridgehead atoms. The van der Waals surface area contributed by atoms with Crippen molar-refractivity contribution < 1.29 is 0 Å². The number of thiophene rings is 1. The lowest BCUT2D eigenvalue weighted by Gasteiger charge is -2.25. The predicted octanol–water partition coefficient (Wildman–Crippen LogP) is 3.62. The van der Waals surface area contributed by atoms with E-state index in [4.69, 9.17) is 0 Å². The average molecular weight is 266 g/mol. The predicted molar refractivity (Wildman–Crippen MR) is 80.0 cm³/mol. The molecule has 2 heterocycles. The Morgan fingerprint density at radius 3 is 2.44 bits per heavy atom. The summed E-state index contributed by atoms with van der Waals surface area (Å²) >= 11 is 1.96. The maximum Gasteiger partial charge on any atom is 0.0328 e. The van der Waals surface area contributed by atoms with E-state index < -0.39 is 0 Å². The van der Waals surface area contributed by atoms with Crippen LogP contribution in [0.4, 0.5) is 0 Å². The molecule has 0 aromatic carbocycles. The third-order valence-electron chi connectivity index (χ3n) is 3.34. The van der Waals surface area contributed by atoms with Crippen LogP contribution in [0.1, 0.15) is 49.8 Å². The molecule has 102 valence electrons. The number of nitrogens with zero attached hydrogens (tertiary/aromatic N) is 1. The van der Waals surface area contributed by atoms with Gasteiger partial charge in [-0.05, 0) is 58.8 Å². The zero-order chi connectivity index (χ0) is 13.0. The Balaban J connectivity index is 1.82. The Kier molecular flexibility index (Phi) is 4.82. The first-order valence-corrected chi connectivity index (χ1v) is 7.89. The van der Waals surface area contributed by atoms with Crippen molar-refractivity contribution in [2.45, 2.75) is 58.7 Å². The highest BCUT2D eigenvalue weighted by Crippen LogP contribution is 2.20. The van der Waals surface area contributed by atoms with Crippen molar-refractivity contribution in [1.82, 2.24) is 10.2 Å². The van der Waals surface area contributed by atoms with Gasteiger partial charge in [0.05, 0.1) is 0 Å². The lowest BCUT2D eigenvalue weighted by atomic mass is 10.1. The van der Waals surface area contributed by atoms with Crippen molar-refractivity contribution in [2.75, 3.05) is 13.1 Å². The van der Waals surface area contributed by atoms with Crippen molar-refractivity contribution >= 4 is 11.3 Å². The van der Waals surface area contributed by atoms with Gasteiger partial charge in [0.25, 0.3) is 0 Å². The molecule has 1 fully saturated rings. The average Bonchev–Trinajstić information content (AvgIpc) is 2.75. The normalized spacial score (nSPS) is 18.2. The SMILES string of the molecule is CC(C)(C)NCc1ccc(CN2CCCCC2)s1. The molecule has 1 aromatic rings. The van der Waals surface area contributed by atoms with E-state index in [1.54, 1.807) is 0 Å². The van der Waals surface area contributed by atoms with Crippen LogP contribution in [0.25, 0.3) is 0 Å². The van der Waals surface area contributed by atoms with Crippen LogP contribution in [0.3, 0.4) is 0 Å². The minimum atomic E-state index is 0.205. The summed E-state index contributed by atoms with van der Waals surface area (Å²) in [4.78, 5) is 5.57. The van der Waals surface area contributed by atoms with E-state index >= 15 is 0 Å². The number of hydrogen-bond donors (Lipinski definition) is 1. The summed E-state index contributed by atoms with van der Waals surface area (Å²) in [6, 6.07) is 4.58. The fourth-order valence-corrected chi connectivity index (χ4v) is 3.29. The molecule has 2 nitrogen and oxygen atoms in total.